The molecule has 1 N–H and O–H groups in total. The van der Waals surface area contributed by atoms with Crippen molar-refractivity contribution in [2.24, 2.45) is 5.92 Å². The van der Waals surface area contributed by atoms with Gasteiger partial charge in [-0.1, -0.05) is 37.6 Å². The average Bonchev–Trinajstić information content (AvgIpc) is 3.09. The van der Waals surface area contributed by atoms with E-state index in [9.17, 15) is 9.59 Å². The lowest BCUT2D eigenvalue weighted by Crippen LogP contribution is -2.32. The van der Waals surface area contributed by atoms with Gasteiger partial charge in [-0.05, 0) is 30.5 Å². The second-order valence-corrected chi connectivity index (χ2v) is 7.15. The van der Waals surface area contributed by atoms with Crippen molar-refractivity contribution in [3.8, 4) is 0 Å². The fourth-order valence-electron chi connectivity index (χ4n) is 3.19. The van der Waals surface area contributed by atoms with Crippen LogP contribution in [0, 0.1) is 5.92 Å². The molecule has 0 unspecified atom stereocenters. The molecule has 148 valence electrons. The Labute approximate surface area is 168 Å². The molecular formula is C20H24ClN5O2. The average molecular weight is 402 g/mol. The van der Waals surface area contributed by atoms with Crippen LogP contribution in [0.4, 0.5) is 0 Å². The highest BCUT2D eigenvalue weighted by atomic mass is 35.5. The Bertz CT molecular complexity index is 1020. The van der Waals surface area contributed by atoms with E-state index in [4.69, 9.17) is 11.6 Å². The third-order valence-corrected chi connectivity index (χ3v) is 5.08. The summed E-state index contributed by atoms with van der Waals surface area (Å²) >= 11 is 6.01. The normalized spacial score (nSPS) is 11.3. The molecule has 0 spiro atoms. The Morgan fingerprint density at radius 1 is 1.29 bits per heavy atom. The van der Waals surface area contributed by atoms with Gasteiger partial charge in [0.25, 0.3) is 5.56 Å². The van der Waals surface area contributed by atoms with E-state index in [2.05, 4.69) is 15.4 Å². The lowest BCUT2D eigenvalue weighted by atomic mass is 10.0. The van der Waals surface area contributed by atoms with Crippen LogP contribution in [0.5, 0.6) is 0 Å². The quantitative estimate of drug-likeness (QED) is 0.629. The predicted octanol–water partition coefficient (Wildman–Crippen LogP) is 2.85. The van der Waals surface area contributed by atoms with E-state index in [1.54, 1.807) is 10.7 Å². The minimum absolute atomic E-state index is 0.0335. The predicted molar refractivity (Wildman–Crippen MR) is 109 cm³/mol. The smallest absolute Gasteiger partial charge is 0.264 e. The fourth-order valence-corrected chi connectivity index (χ4v) is 3.41. The van der Waals surface area contributed by atoms with Crippen molar-refractivity contribution in [3.05, 3.63) is 57.7 Å². The summed E-state index contributed by atoms with van der Waals surface area (Å²) in [4.78, 5) is 29.2. The highest BCUT2D eigenvalue weighted by molar-refractivity contribution is 6.30. The second-order valence-electron chi connectivity index (χ2n) is 6.72. The van der Waals surface area contributed by atoms with Crippen LogP contribution in [-0.2, 0) is 17.9 Å². The van der Waals surface area contributed by atoms with Gasteiger partial charge in [-0.3, -0.25) is 14.2 Å². The number of hydrogen-bond acceptors (Lipinski definition) is 4. The lowest BCUT2D eigenvalue weighted by Gasteiger charge is -2.12. The number of nitrogens with one attached hydrogen (secondary N) is 1. The van der Waals surface area contributed by atoms with Gasteiger partial charge in [-0.25, -0.2) is 9.67 Å². The summed E-state index contributed by atoms with van der Waals surface area (Å²) in [5, 5.41) is 8.28. The molecule has 0 saturated carbocycles. The summed E-state index contributed by atoms with van der Waals surface area (Å²) in [6, 6.07) is 7.38. The van der Waals surface area contributed by atoms with Gasteiger partial charge in [-0.2, -0.15) is 5.10 Å². The summed E-state index contributed by atoms with van der Waals surface area (Å²) in [5.74, 6) is 0.0875. The van der Waals surface area contributed by atoms with E-state index in [0.717, 1.165) is 18.4 Å². The number of halogens is 1. The standard InChI is InChI=1S/C20H24ClN5O2/c1-3-15(4-2)19(27)22-8-9-26-18-17(11-24-26)20(28)25(13-23-18)12-14-6-5-7-16(21)10-14/h5-7,10-11,13,15H,3-4,8-9,12H2,1-2H3,(H,22,27). The van der Waals surface area contributed by atoms with Gasteiger partial charge >= 0.3 is 0 Å². The monoisotopic (exact) mass is 401 g/mol. The molecule has 0 atom stereocenters. The fraction of sp³-hybridized carbons (Fsp3) is 0.400. The number of benzene rings is 1. The van der Waals surface area contributed by atoms with E-state index in [1.165, 1.54) is 17.1 Å². The van der Waals surface area contributed by atoms with Crippen LogP contribution in [0.2, 0.25) is 5.02 Å². The van der Waals surface area contributed by atoms with E-state index in [1.807, 2.05) is 32.0 Å². The molecular weight excluding hydrogens is 378 g/mol. The molecule has 0 aliphatic rings. The molecule has 8 heteroatoms. The molecule has 28 heavy (non-hydrogen) atoms. The van der Waals surface area contributed by atoms with Gasteiger partial charge in [0, 0.05) is 17.5 Å². The van der Waals surface area contributed by atoms with Gasteiger partial charge in [0.15, 0.2) is 5.65 Å². The molecule has 0 aliphatic heterocycles. The topological polar surface area (TPSA) is 81.8 Å². The van der Waals surface area contributed by atoms with Crippen molar-refractivity contribution in [2.75, 3.05) is 6.54 Å². The van der Waals surface area contributed by atoms with Crippen LogP contribution in [0.1, 0.15) is 32.3 Å². The summed E-state index contributed by atoms with van der Waals surface area (Å²) in [5.41, 5.74) is 1.29. The molecule has 0 aliphatic carbocycles. The zero-order chi connectivity index (χ0) is 20.1. The van der Waals surface area contributed by atoms with Crippen molar-refractivity contribution >= 4 is 28.5 Å². The number of rotatable bonds is 8. The summed E-state index contributed by atoms with van der Waals surface area (Å²) in [7, 11) is 0. The molecule has 3 rings (SSSR count). The van der Waals surface area contributed by atoms with Crippen molar-refractivity contribution in [1.29, 1.82) is 0 Å². The van der Waals surface area contributed by atoms with E-state index >= 15 is 0 Å². The van der Waals surface area contributed by atoms with Crippen LogP contribution in [0.15, 0.2) is 41.6 Å². The van der Waals surface area contributed by atoms with E-state index in [-0.39, 0.29) is 17.4 Å². The first-order valence-corrected chi connectivity index (χ1v) is 9.84. The number of amides is 1. The SMILES string of the molecule is CCC(CC)C(=O)NCCn1ncc2c(=O)n(Cc3cccc(Cl)c3)cnc21. The molecule has 2 aromatic heterocycles. The zero-order valence-electron chi connectivity index (χ0n) is 16.1. The number of carbonyl (C=O) groups is 1. The summed E-state index contributed by atoms with van der Waals surface area (Å²) < 4.78 is 3.18. The maximum absolute atomic E-state index is 12.7. The molecule has 1 aromatic carbocycles. The first kappa shape index (κ1) is 20.1. The van der Waals surface area contributed by atoms with Crippen molar-refractivity contribution < 1.29 is 4.79 Å². The highest BCUT2D eigenvalue weighted by Gasteiger charge is 2.14. The molecule has 1 amide bonds. The Morgan fingerprint density at radius 2 is 2.07 bits per heavy atom. The molecule has 0 radical (unpaired) electrons. The third-order valence-electron chi connectivity index (χ3n) is 4.84. The van der Waals surface area contributed by atoms with Crippen LogP contribution >= 0.6 is 11.6 Å². The van der Waals surface area contributed by atoms with Gasteiger partial charge in [-0.15, -0.1) is 0 Å². The van der Waals surface area contributed by atoms with Crippen molar-refractivity contribution in [1.82, 2.24) is 24.6 Å². The number of carbonyl (C=O) groups excluding carboxylic acids is 1. The van der Waals surface area contributed by atoms with Crippen LogP contribution in [0.25, 0.3) is 11.0 Å². The molecule has 3 aromatic rings. The van der Waals surface area contributed by atoms with E-state index < -0.39 is 0 Å². The molecule has 2 heterocycles. The minimum Gasteiger partial charge on any atom is -0.354 e. The highest BCUT2D eigenvalue weighted by Crippen LogP contribution is 2.12. The first-order chi connectivity index (χ1) is 13.5. The number of hydrogen-bond donors (Lipinski definition) is 1. The first-order valence-electron chi connectivity index (χ1n) is 9.46. The maximum Gasteiger partial charge on any atom is 0.264 e. The van der Waals surface area contributed by atoms with Gasteiger partial charge in [0.05, 0.1) is 19.3 Å². The Balaban J connectivity index is 1.72. The molecule has 0 saturated heterocycles. The van der Waals surface area contributed by atoms with E-state index in [0.29, 0.717) is 35.7 Å². The lowest BCUT2D eigenvalue weighted by molar-refractivity contribution is -0.125. The Kier molecular flexibility index (Phi) is 6.46. The Hall–Kier alpha value is -2.67. The number of nitrogens with zero attached hydrogens (tertiary/aromatic N) is 4. The number of aromatic nitrogens is 4. The van der Waals surface area contributed by atoms with Crippen LogP contribution in [-0.4, -0.2) is 31.8 Å². The minimum atomic E-state index is -0.155. The van der Waals surface area contributed by atoms with Crippen molar-refractivity contribution in [3.63, 3.8) is 0 Å². The molecule has 0 fully saturated rings. The molecule has 7 nitrogen and oxygen atoms in total. The third kappa shape index (κ3) is 4.42. The zero-order valence-corrected chi connectivity index (χ0v) is 16.8. The molecule has 0 bridgehead atoms. The number of fused-ring (bicyclic) bond motifs is 1. The summed E-state index contributed by atoms with van der Waals surface area (Å²) in [6.45, 7) is 5.30. The van der Waals surface area contributed by atoms with Gasteiger partial charge < -0.3 is 5.32 Å². The van der Waals surface area contributed by atoms with Crippen LogP contribution in [0.3, 0.4) is 0 Å². The summed E-state index contributed by atoms with van der Waals surface area (Å²) in [6.07, 6.45) is 4.69. The van der Waals surface area contributed by atoms with Gasteiger partial charge in [0.1, 0.15) is 11.7 Å². The second kappa shape index (κ2) is 9.01. The largest absolute Gasteiger partial charge is 0.354 e. The Morgan fingerprint density at radius 3 is 2.79 bits per heavy atom. The van der Waals surface area contributed by atoms with Crippen LogP contribution < -0.4 is 10.9 Å². The van der Waals surface area contributed by atoms with Gasteiger partial charge in [0.2, 0.25) is 5.91 Å². The maximum atomic E-state index is 12.7. The van der Waals surface area contributed by atoms with Crippen molar-refractivity contribution in [2.45, 2.75) is 39.8 Å².